The summed E-state index contributed by atoms with van der Waals surface area (Å²) in [7, 11) is 4.05. The molecule has 0 aliphatic carbocycles. The Kier molecular flexibility index (Phi) is 4.73. The molecule has 0 aliphatic rings. The molecule has 0 amide bonds. The Morgan fingerprint density at radius 3 is 2.48 bits per heavy atom. The van der Waals surface area contributed by atoms with E-state index in [0.29, 0.717) is 0 Å². The van der Waals surface area contributed by atoms with Crippen LogP contribution in [0, 0.1) is 12.7 Å². The molecule has 0 aliphatic heterocycles. The summed E-state index contributed by atoms with van der Waals surface area (Å²) in [6.07, 6.45) is 0. The molecule has 0 heterocycles. The fraction of sp³-hybridized carbons (Fsp3) is 0.294. The second-order valence-electron chi connectivity index (χ2n) is 5.44. The Morgan fingerprint density at radius 1 is 1.14 bits per heavy atom. The third-order valence-electron chi connectivity index (χ3n) is 3.52. The lowest BCUT2D eigenvalue weighted by molar-refractivity contribution is 0.627. The highest BCUT2D eigenvalue weighted by Gasteiger charge is 2.09. The van der Waals surface area contributed by atoms with Crippen molar-refractivity contribution in [3.63, 3.8) is 0 Å². The maximum atomic E-state index is 13.2. The standard InChI is InChI=1S/C17H20ClFN2/c1-11-5-7-14(10-17(11)21(3)4)20-12(2)13-6-8-16(19)15(18)9-13/h5-10,12,20H,1-4H3. The first-order valence-corrected chi connectivity index (χ1v) is 7.25. The Morgan fingerprint density at radius 2 is 1.86 bits per heavy atom. The summed E-state index contributed by atoms with van der Waals surface area (Å²) in [5.74, 6) is -0.391. The van der Waals surface area contributed by atoms with E-state index < -0.39 is 5.82 Å². The van der Waals surface area contributed by atoms with Crippen LogP contribution in [-0.4, -0.2) is 14.1 Å². The molecule has 112 valence electrons. The molecule has 0 radical (unpaired) electrons. The highest BCUT2D eigenvalue weighted by atomic mass is 35.5. The maximum absolute atomic E-state index is 13.2. The van der Waals surface area contributed by atoms with Crippen molar-refractivity contribution in [2.45, 2.75) is 19.9 Å². The van der Waals surface area contributed by atoms with Crippen LogP contribution >= 0.6 is 11.6 Å². The molecule has 0 spiro atoms. The molecule has 0 aromatic heterocycles. The summed E-state index contributed by atoms with van der Waals surface area (Å²) in [5.41, 5.74) is 4.37. The van der Waals surface area contributed by atoms with Crippen molar-refractivity contribution in [2.24, 2.45) is 0 Å². The summed E-state index contributed by atoms with van der Waals surface area (Å²) < 4.78 is 13.2. The Hall–Kier alpha value is -1.74. The van der Waals surface area contributed by atoms with Gasteiger partial charge >= 0.3 is 0 Å². The number of nitrogens with one attached hydrogen (secondary N) is 1. The average molecular weight is 307 g/mol. The summed E-state index contributed by atoms with van der Waals surface area (Å²) in [6, 6.07) is 11.1. The van der Waals surface area contributed by atoms with Crippen LogP contribution < -0.4 is 10.2 Å². The van der Waals surface area contributed by atoms with E-state index in [2.05, 4.69) is 29.3 Å². The summed E-state index contributed by atoms with van der Waals surface area (Å²) in [6.45, 7) is 4.11. The predicted molar refractivity (Wildman–Crippen MR) is 89.0 cm³/mol. The van der Waals surface area contributed by atoms with Gasteiger partial charge in [-0.3, -0.25) is 0 Å². The first-order chi connectivity index (χ1) is 9.88. The zero-order valence-electron chi connectivity index (χ0n) is 12.7. The third kappa shape index (κ3) is 3.67. The van der Waals surface area contributed by atoms with Crippen LogP contribution in [0.5, 0.6) is 0 Å². The zero-order valence-corrected chi connectivity index (χ0v) is 13.5. The minimum atomic E-state index is -0.391. The van der Waals surface area contributed by atoms with Crippen LogP contribution in [0.3, 0.4) is 0 Å². The van der Waals surface area contributed by atoms with E-state index in [9.17, 15) is 4.39 Å². The van der Waals surface area contributed by atoms with Gasteiger partial charge in [0.15, 0.2) is 0 Å². The lowest BCUT2D eigenvalue weighted by Gasteiger charge is -2.20. The molecule has 0 bridgehead atoms. The van der Waals surface area contributed by atoms with E-state index >= 15 is 0 Å². The van der Waals surface area contributed by atoms with Crippen LogP contribution in [-0.2, 0) is 0 Å². The molecule has 0 saturated heterocycles. The van der Waals surface area contributed by atoms with Crippen LogP contribution in [0.2, 0.25) is 5.02 Å². The number of hydrogen-bond acceptors (Lipinski definition) is 2. The van der Waals surface area contributed by atoms with Gasteiger partial charge in [-0.25, -0.2) is 4.39 Å². The van der Waals surface area contributed by atoms with Gasteiger partial charge in [-0.15, -0.1) is 0 Å². The molecule has 0 saturated carbocycles. The van der Waals surface area contributed by atoms with Crippen molar-refractivity contribution < 1.29 is 4.39 Å². The summed E-state index contributed by atoms with van der Waals surface area (Å²) in [5, 5.41) is 3.57. The molecule has 0 fully saturated rings. The van der Waals surface area contributed by atoms with E-state index in [0.717, 1.165) is 11.3 Å². The molecular weight excluding hydrogens is 287 g/mol. The van der Waals surface area contributed by atoms with Gasteiger partial charge in [0.2, 0.25) is 0 Å². The topological polar surface area (TPSA) is 15.3 Å². The number of anilines is 2. The summed E-state index contributed by atoms with van der Waals surface area (Å²) >= 11 is 5.84. The fourth-order valence-electron chi connectivity index (χ4n) is 2.30. The van der Waals surface area contributed by atoms with Gasteiger partial charge in [-0.2, -0.15) is 0 Å². The van der Waals surface area contributed by atoms with E-state index in [4.69, 9.17) is 11.6 Å². The minimum Gasteiger partial charge on any atom is -0.378 e. The van der Waals surface area contributed by atoms with Gasteiger partial charge in [0.05, 0.1) is 5.02 Å². The molecule has 2 nitrogen and oxygen atoms in total. The van der Waals surface area contributed by atoms with Crippen molar-refractivity contribution in [1.82, 2.24) is 0 Å². The molecule has 1 unspecified atom stereocenters. The van der Waals surface area contributed by atoms with Crippen LogP contribution in [0.4, 0.5) is 15.8 Å². The third-order valence-corrected chi connectivity index (χ3v) is 3.81. The van der Waals surface area contributed by atoms with Gasteiger partial charge in [-0.05, 0) is 49.2 Å². The lowest BCUT2D eigenvalue weighted by atomic mass is 10.1. The molecular formula is C17H20ClFN2. The molecule has 2 rings (SSSR count). The van der Waals surface area contributed by atoms with E-state index in [1.165, 1.54) is 17.3 Å². The first-order valence-electron chi connectivity index (χ1n) is 6.88. The van der Waals surface area contributed by atoms with Gasteiger partial charge in [-0.1, -0.05) is 23.7 Å². The van der Waals surface area contributed by atoms with E-state index in [1.54, 1.807) is 12.1 Å². The molecule has 2 aromatic carbocycles. The number of aryl methyl sites for hydroxylation is 1. The van der Waals surface area contributed by atoms with Gasteiger partial charge in [0, 0.05) is 31.5 Å². The number of hydrogen-bond donors (Lipinski definition) is 1. The van der Waals surface area contributed by atoms with Gasteiger partial charge < -0.3 is 10.2 Å². The molecule has 2 aromatic rings. The van der Waals surface area contributed by atoms with Crippen molar-refractivity contribution in [2.75, 3.05) is 24.3 Å². The normalized spacial score (nSPS) is 12.1. The Bertz CT molecular complexity index is 641. The molecule has 1 atom stereocenters. The van der Waals surface area contributed by atoms with Crippen molar-refractivity contribution in [3.05, 3.63) is 58.4 Å². The van der Waals surface area contributed by atoms with Gasteiger partial charge in [0.25, 0.3) is 0 Å². The fourth-order valence-corrected chi connectivity index (χ4v) is 2.49. The number of nitrogens with zero attached hydrogens (tertiary/aromatic N) is 1. The summed E-state index contributed by atoms with van der Waals surface area (Å²) in [4.78, 5) is 2.08. The number of benzene rings is 2. The minimum absolute atomic E-state index is 0.0424. The van der Waals surface area contributed by atoms with Crippen molar-refractivity contribution in [3.8, 4) is 0 Å². The monoisotopic (exact) mass is 306 g/mol. The van der Waals surface area contributed by atoms with Crippen LogP contribution in [0.25, 0.3) is 0 Å². The Balaban J connectivity index is 2.21. The lowest BCUT2D eigenvalue weighted by Crippen LogP contribution is -2.12. The van der Waals surface area contributed by atoms with Crippen LogP contribution in [0.1, 0.15) is 24.1 Å². The molecule has 21 heavy (non-hydrogen) atoms. The SMILES string of the molecule is Cc1ccc(NC(C)c2ccc(F)c(Cl)c2)cc1N(C)C. The van der Waals surface area contributed by atoms with Crippen molar-refractivity contribution >= 4 is 23.0 Å². The van der Waals surface area contributed by atoms with E-state index in [-0.39, 0.29) is 11.1 Å². The average Bonchev–Trinajstić information content (AvgIpc) is 2.43. The van der Waals surface area contributed by atoms with Crippen molar-refractivity contribution in [1.29, 1.82) is 0 Å². The largest absolute Gasteiger partial charge is 0.378 e. The smallest absolute Gasteiger partial charge is 0.141 e. The maximum Gasteiger partial charge on any atom is 0.141 e. The second-order valence-corrected chi connectivity index (χ2v) is 5.84. The first kappa shape index (κ1) is 15.6. The number of halogens is 2. The highest BCUT2D eigenvalue weighted by Crippen LogP contribution is 2.27. The van der Waals surface area contributed by atoms with Gasteiger partial charge in [0.1, 0.15) is 5.82 Å². The Labute approximate surface area is 130 Å². The zero-order chi connectivity index (χ0) is 15.6. The quantitative estimate of drug-likeness (QED) is 0.852. The number of rotatable bonds is 4. The van der Waals surface area contributed by atoms with E-state index in [1.807, 2.05) is 27.1 Å². The predicted octanol–water partition coefficient (Wildman–Crippen LogP) is 5.03. The highest BCUT2D eigenvalue weighted by molar-refractivity contribution is 6.30. The molecule has 4 heteroatoms. The second kappa shape index (κ2) is 6.35. The molecule has 1 N–H and O–H groups in total. The van der Waals surface area contributed by atoms with Crippen LogP contribution in [0.15, 0.2) is 36.4 Å².